The predicted octanol–water partition coefficient (Wildman–Crippen LogP) is 3.71. The number of benzene rings is 2. The Morgan fingerprint density at radius 3 is 2.25 bits per heavy atom. The molecular weight excluding hydrogens is 307 g/mol. The molecule has 0 saturated heterocycles. The zero-order valence-electron chi connectivity index (χ0n) is 13.2. The molecule has 3 rings (SSSR count). The number of hydrogen-bond acceptors (Lipinski definition) is 3. The van der Waals surface area contributed by atoms with Gasteiger partial charge in [-0.25, -0.2) is 9.18 Å². The lowest BCUT2D eigenvalue weighted by Crippen LogP contribution is -2.49. The Bertz CT molecular complexity index is 783. The zero-order chi connectivity index (χ0) is 17.2. The quantitative estimate of drug-likeness (QED) is 0.638. The minimum Gasteiger partial charge on any atom is -0.466 e. The second kappa shape index (κ2) is 6.40. The molecule has 0 radical (unpaired) electrons. The maximum Gasteiger partial charge on any atom is 0.352 e. The summed E-state index contributed by atoms with van der Waals surface area (Å²) in [6.45, 7) is 0. The fourth-order valence-electron chi connectivity index (χ4n) is 3.13. The van der Waals surface area contributed by atoms with E-state index in [-0.39, 0.29) is 6.42 Å². The highest BCUT2D eigenvalue weighted by Crippen LogP contribution is 2.44. The summed E-state index contributed by atoms with van der Waals surface area (Å²) in [4.78, 5) is 24.6. The van der Waals surface area contributed by atoms with E-state index in [4.69, 9.17) is 0 Å². The van der Waals surface area contributed by atoms with E-state index in [9.17, 15) is 9.59 Å². The lowest BCUT2D eigenvalue weighted by molar-refractivity contribution is -0.160. The molecule has 2 aromatic rings. The molecule has 0 aromatic heterocycles. The number of carbonyl (C=O) groups excluding carboxylic acids is 2. The van der Waals surface area contributed by atoms with Gasteiger partial charge in [0.2, 0.25) is 5.78 Å². The van der Waals surface area contributed by atoms with Gasteiger partial charge >= 0.3 is 5.97 Å². The van der Waals surface area contributed by atoms with E-state index >= 15 is 4.39 Å². The first-order valence-electron chi connectivity index (χ1n) is 7.70. The maximum atomic E-state index is 15.5. The molecule has 1 aliphatic carbocycles. The third-order valence-corrected chi connectivity index (χ3v) is 4.40. The lowest BCUT2D eigenvalue weighted by atomic mass is 9.71. The Kier molecular flexibility index (Phi) is 4.30. The van der Waals surface area contributed by atoms with Gasteiger partial charge in [0.25, 0.3) is 5.67 Å². The van der Waals surface area contributed by atoms with Gasteiger partial charge in [-0.2, -0.15) is 0 Å². The number of methoxy groups -OCH3 is 1. The first kappa shape index (κ1) is 16.1. The Morgan fingerprint density at radius 2 is 1.67 bits per heavy atom. The molecule has 2 unspecified atom stereocenters. The van der Waals surface area contributed by atoms with Crippen LogP contribution in [0.1, 0.15) is 23.5 Å². The fraction of sp³-hybridized carbons (Fsp3) is 0.200. The molecule has 0 aliphatic heterocycles. The second-order valence-electron chi connectivity index (χ2n) is 5.77. The van der Waals surface area contributed by atoms with Crippen LogP contribution < -0.4 is 0 Å². The molecule has 0 amide bonds. The van der Waals surface area contributed by atoms with E-state index in [1.54, 1.807) is 30.3 Å². The molecule has 0 spiro atoms. The molecule has 2 aromatic carbocycles. The highest BCUT2D eigenvalue weighted by molar-refractivity contribution is 6.17. The van der Waals surface area contributed by atoms with Crippen molar-refractivity contribution in [1.82, 2.24) is 0 Å². The topological polar surface area (TPSA) is 43.4 Å². The van der Waals surface area contributed by atoms with Gasteiger partial charge in [-0.05, 0) is 29.2 Å². The Hall–Kier alpha value is -2.75. The molecule has 3 nitrogen and oxygen atoms in total. The molecular formula is C20H17FO3. The Labute approximate surface area is 139 Å². The van der Waals surface area contributed by atoms with Crippen molar-refractivity contribution in [2.75, 3.05) is 7.11 Å². The molecule has 0 N–H and O–H groups in total. The van der Waals surface area contributed by atoms with Gasteiger partial charge in [-0.15, -0.1) is 0 Å². The number of esters is 1. The predicted molar refractivity (Wildman–Crippen MR) is 89.1 cm³/mol. The highest BCUT2D eigenvalue weighted by atomic mass is 19.1. The van der Waals surface area contributed by atoms with E-state index in [2.05, 4.69) is 4.74 Å². The first-order valence-corrected chi connectivity index (χ1v) is 7.70. The molecule has 4 heteroatoms. The molecule has 0 saturated carbocycles. The van der Waals surface area contributed by atoms with Crippen molar-refractivity contribution in [2.24, 2.45) is 0 Å². The summed E-state index contributed by atoms with van der Waals surface area (Å²) in [5.74, 6) is -2.93. The lowest BCUT2D eigenvalue weighted by Gasteiger charge is -2.34. The number of allylic oxidation sites excluding steroid dienone is 2. The van der Waals surface area contributed by atoms with Gasteiger partial charge in [0.05, 0.1) is 7.11 Å². The average molecular weight is 324 g/mol. The number of ether oxygens (including phenoxy) is 1. The summed E-state index contributed by atoms with van der Waals surface area (Å²) in [7, 11) is 1.09. The number of carbonyl (C=O) groups is 2. The standard InChI is InChI=1S/C20H17FO3/c1-24-19(23)20(21)17(15-10-6-3-7-11-15)12-16(13-18(20)22)14-8-4-2-5-9-14/h2-11,13,17H,12H2,1H3. The van der Waals surface area contributed by atoms with Gasteiger partial charge in [0.1, 0.15) is 0 Å². The van der Waals surface area contributed by atoms with Gasteiger partial charge in [0, 0.05) is 5.92 Å². The summed E-state index contributed by atoms with van der Waals surface area (Å²) >= 11 is 0. The van der Waals surface area contributed by atoms with Crippen molar-refractivity contribution in [1.29, 1.82) is 0 Å². The molecule has 1 aliphatic rings. The van der Waals surface area contributed by atoms with E-state index in [1.165, 1.54) is 6.08 Å². The van der Waals surface area contributed by atoms with Crippen molar-refractivity contribution in [3.63, 3.8) is 0 Å². The van der Waals surface area contributed by atoms with Gasteiger partial charge in [-0.1, -0.05) is 60.7 Å². The molecule has 24 heavy (non-hydrogen) atoms. The monoisotopic (exact) mass is 324 g/mol. The summed E-state index contributed by atoms with van der Waals surface area (Å²) < 4.78 is 20.1. The molecule has 122 valence electrons. The van der Waals surface area contributed by atoms with E-state index < -0.39 is 23.3 Å². The highest BCUT2D eigenvalue weighted by Gasteiger charge is 2.56. The normalized spacial score (nSPS) is 23.5. The van der Waals surface area contributed by atoms with Gasteiger partial charge in [-0.3, -0.25) is 4.79 Å². The number of hydrogen-bond donors (Lipinski definition) is 0. The molecule has 0 fully saturated rings. The Morgan fingerprint density at radius 1 is 1.08 bits per heavy atom. The minimum absolute atomic E-state index is 0.241. The summed E-state index contributed by atoms with van der Waals surface area (Å²) in [5, 5.41) is 0. The van der Waals surface area contributed by atoms with Crippen molar-refractivity contribution >= 4 is 17.3 Å². The summed E-state index contributed by atoms with van der Waals surface area (Å²) in [5.41, 5.74) is -0.542. The largest absolute Gasteiger partial charge is 0.466 e. The van der Waals surface area contributed by atoms with Crippen molar-refractivity contribution in [3.05, 3.63) is 77.9 Å². The van der Waals surface area contributed by atoms with Crippen LogP contribution >= 0.6 is 0 Å². The zero-order valence-corrected chi connectivity index (χ0v) is 13.2. The van der Waals surface area contributed by atoms with Gasteiger partial charge in [0.15, 0.2) is 0 Å². The third-order valence-electron chi connectivity index (χ3n) is 4.40. The van der Waals surface area contributed by atoms with Crippen LogP contribution in [0, 0.1) is 0 Å². The summed E-state index contributed by atoms with van der Waals surface area (Å²) in [6, 6.07) is 18.1. The van der Waals surface area contributed by atoms with E-state index in [0.29, 0.717) is 11.1 Å². The van der Waals surface area contributed by atoms with Crippen LogP contribution in [0.4, 0.5) is 4.39 Å². The van der Waals surface area contributed by atoms with E-state index in [1.807, 2.05) is 30.3 Å². The SMILES string of the molecule is COC(=O)C1(F)C(=O)C=C(c2ccccc2)CC1c1ccccc1. The maximum absolute atomic E-state index is 15.5. The number of alkyl halides is 1. The average Bonchev–Trinajstić information content (AvgIpc) is 2.64. The Balaban J connectivity index is 2.11. The van der Waals surface area contributed by atoms with Gasteiger partial charge < -0.3 is 4.74 Å². The van der Waals surface area contributed by atoms with E-state index in [0.717, 1.165) is 12.7 Å². The van der Waals surface area contributed by atoms with Crippen molar-refractivity contribution in [3.8, 4) is 0 Å². The van der Waals surface area contributed by atoms with Crippen LogP contribution in [0.3, 0.4) is 0 Å². The van der Waals surface area contributed by atoms with Crippen LogP contribution in [0.2, 0.25) is 0 Å². The summed E-state index contributed by atoms with van der Waals surface area (Å²) in [6.07, 6.45) is 1.47. The smallest absolute Gasteiger partial charge is 0.352 e. The van der Waals surface area contributed by atoms with Crippen molar-refractivity contribution in [2.45, 2.75) is 18.0 Å². The first-order chi connectivity index (χ1) is 11.6. The van der Waals surface area contributed by atoms with Crippen molar-refractivity contribution < 1.29 is 18.7 Å². The van der Waals surface area contributed by atoms with Crippen LogP contribution in [0.25, 0.3) is 5.57 Å². The third kappa shape index (κ3) is 2.64. The van der Waals surface area contributed by atoms with Crippen LogP contribution in [-0.4, -0.2) is 24.5 Å². The molecule has 2 atom stereocenters. The number of halogens is 1. The second-order valence-corrected chi connectivity index (χ2v) is 5.77. The molecule has 0 bridgehead atoms. The number of ketones is 1. The number of rotatable bonds is 3. The van der Waals surface area contributed by atoms with Crippen LogP contribution in [0.15, 0.2) is 66.7 Å². The minimum atomic E-state index is -2.70. The van der Waals surface area contributed by atoms with Crippen LogP contribution in [0.5, 0.6) is 0 Å². The van der Waals surface area contributed by atoms with Crippen LogP contribution in [-0.2, 0) is 14.3 Å². The molecule has 0 heterocycles. The fourth-order valence-corrected chi connectivity index (χ4v) is 3.13.